The predicted octanol–water partition coefficient (Wildman–Crippen LogP) is 1.02. The van der Waals surface area contributed by atoms with E-state index in [9.17, 15) is 9.59 Å². The van der Waals surface area contributed by atoms with Gasteiger partial charge in [-0.1, -0.05) is 12.2 Å². The van der Waals surface area contributed by atoms with Gasteiger partial charge in [-0.3, -0.25) is 9.59 Å². The van der Waals surface area contributed by atoms with Gasteiger partial charge < -0.3 is 10.1 Å². The van der Waals surface area contributed by atoms with E-state index in [4.69, 9.17) is 4.74 Å². The van der Waals surface area contributed by atoms with Crippen molar-refractivity contribution < 1.29 is 14.3 Å². The van der Waals surface area contributed by atoms with Gasteiger partial charge >= 0.3 is 5.97 Å². The molecule has 0 aliphatic rings. The Balaban J connectivity index is 3.19. The molecule has 14 heavy (non-hydrogen) atoms. The zero-order valence-electron chi connectivity index (χ0n) is 8.71. The first-order valence-electron chi connectivity index (χ1n) is 4.65. The Morgan fingerprint density at radius 1 is 1.29 bits per heavy atom. The molecule has 0 bridgehead atoms. The van der Waals surface area contributed by atoms with Crippen LogP contribution in [-0.2, 0) is 14.3 Å². The molecule has 1 amide bonds. The molecule has 0 fully saturated rings. The number of rotatable bonds is 6. The van der Waals surface area contributed by atoms with Crippen LogP contribution < -0.4 is 5.32 Å². The monoisotopic (exact) mass is 199 g/mol. The van der Waals surface area contributed by atoms with E-state index in [2.05, 4.69) is 5.32 Å². The second-order valence-corrected chi connectivity index (χ2v) is 2.90. The van der Waals surface area contributed by atoms with E-state index in [0.29, 0.717) is 13.2 Å². The number of nitrogens with one attached hydrogen (secondary N) is 1. The molecule has 0 aliphatic carbocycles. The highest BCUT2D eigenvalue weighted by Gasteiger charge is 1.89. The van der Waals surface area contributed by atoms with Crippen LogP contribution >= 0.6 is 0 Å². The number of unbranched alkanes of at least 4 members (excludes halogenated alkanes) is 1. The number of allylic oxidation sites excluding steroid dienone is 1. The van der Waals surface area contributed by atoms with Crippen LogP contribution in [0.2, 0.25) is 0 Å². The van der Waals surface area contributed by atoms with Crippen molar-refractivity contribution >= 4 is 11.9 Å². The summed E-state index contributed by atoms with van der Waals surface area (Å²) in [6.45, 7) is 3.89. The summed E-state index contributed by atoms with van der Waals surface area (Å²) < 4.78 is 4.69. The Bertz CT molecular complexity index is 211. The van der Waals surface area contributed by atoms with Crippen molar-refractivity contribution in [2.75, 3.05) is 13.2 Å². The van der Waals surface area contributed by atoms with Crippen molar-refractivity contribution in [3.05, 3.63) is 12.2 Å². The van der Waals surface area contributed by atoms with Gasteiger partial charge in [0.15, 0.2) is 0 Å². The molecular formula is C10H17NO3. The van der Waals surface area contributed by atoms with Gasteiger partial charge in [0.2, 0.25) is 5.91 Å². The number of carbonyl (C=O) groups excluding carboxylic acids is 2. The summed E-state index contributed by atoms with van der Waals surface area (Å²) in [5.74, 6) is -0.276. The Morgan fingerprint density at radius 2 is 2.00 bits per heavy atom. The molecule has 0 aliphatic heterocycles. The molecule has 0 aromatic rings. The van der Waals surface area contributed by atoms with E-state index < -0.39 is 0 Å². The average Bonchev–Trinajstić information content (AvgIpc) is 2.08. The van der Waals surface area contributed by atoms with Crippen LogP contribution in [0.5, 0.6) is 0 Å². The lowest BCUT2D eigenvalue weighted by atomic mass is 10.3. The van der Waals surface area contributed by atoms with Crippen LogP contribution in [-0.4, -0.2) is 25.0 Å². The van der Waals surface area contributed by atoms with Crippen LogP contribution in [0.1, 0.15) is 26.7 Å². The largest absolute Gasteiger partial charge is 0.462 e. The van der Waals surface area contributed by atoms with Crippen LogP contribution in [0.4, 0.5) is 0 Å². The fourth-order valence-corrected chi connectivity index (χ4v) is 0.836. The summed E-state index contributed by atoms with van der Waals surface area (Å²) in [4.78, 5) is 20.8. The number of amides is 1. The molecule has 80 valence electrons. The predicted molar refractivity (Wildman–Crippen MR) is 53.7 cm³/mol. The van der Waals surface area contributed by atoms with Crippen molar-refractivity contribution in [3.63, 3.8) is 0 Å². The first-order chi connectivity index (χ1) is 6.63. The minimum absolute atomic E-state index is 0.00565. The quantitative estimate of drug-likeness (QED) is 0.395. The summed E-state index contributed by atoms with van der Waals surface area (Å²) in [6, 6.07) is 0. The van der Waals surface area contributed by atoms with Gasteiger partial charge in [-0.15, -0.1) is 0 Å². The molecule has 0 saturated carbocycles. The number of carbonyl (C=O) groups is 2. The van der Waals surface area contributed by atoms with Crippen LogP contribution in [0.15, 0.2) is 12.2 Å². The van der Waals surface area contributed by atoms with Crippen LogP contribution in [0, 0.1) is 0 Å². The lowest BCUT2D eigenvalue weighted by molar-refractivity contribution is -0.139. The van der Waals surface area contributed by atoms with Crippen molar-refractivity contribution in [2.45, 2.75) is 26.7 Å². The average molecular weight is 199 g/mol. The lowest BCUT2D eigenvalue weighted by Crippen LogP contribution is -2.20. The summed E-state index contributed by atoms with van der Waals surface area (Å²) in [7, 11) is 0. The summed E-state index contributed by atoms with van der Waals surface area (Å²) in [6.07, 6.45) is 5.51. The molecule has 4 nitrogen and oxygen atoms in total. The minimum atomic E-state index is -0.270. The van der Waals surface area contributed by atoms with Crippen molar-refractivity contribution in [1.82, 2.24) is 5.32 Å². The molecule has 0 spiro atoms. The van der Waals surface area contributed by atoms with E-state index >= 15 is 0 Å². The van der Waals surface area contributed by atoms with Crippen molar-refractivity contribution in [3.8, 4) is 0 Å². The van der Waals surface area contributed by atoms with E-state index in [0.717, 1.165) is 12.8 Å². The molecule has 0 atom stereocenters. The molecule has 1 N–H and O–H groups in total. The third kappa shape index (κ3) is 10.7. The highest BCUT2D eigenvalue weighted by atomic mass is 16.5. The van der Waals surface area contributed by atoms with Gasteiger partial charge in [0.25, 0.3) is 0 Å². The molecule has 0 saturated heterocycles. The molecule has 0 aromatic carbocycles. The zero-order valence-corrected chi connectivity index (χ0v) is 8.71. The van der Waals surface area contributed by atoms with Gasteiger partial charge in [0.1, 0.15) is 6.61 Å². The van der Waals surface area contributed by atoms with Gasteiger partial charge in [0.05, 0.1) is 0 Å². The molecule has 4 heteroatoms. The molecule has 0 rings (SSSR count). The minimum Gasteiger partial charge on any atom is -0.462 e. The highest BCUT2D eigenvalue weighted by molar-refractivity contribution is 5.72. The Labute approximate surface area is 84.3 Å². The lowest BCUT2D eigenvalue weighted by Gasteiger charge is -1.98. The third-order valence-electron chi connectivity index (χ3n) is 1.47. The Morgan fingerprint density at radius 3 is 2.57 bits per heavy atom. The highest BCUT2D eigenvalue weighted by Crippen LogP contribution is 1.89. The molecule has 0 heterocycles. The van der Waals surface area contributed by atoms with E-state index in [1.807, 2.05) is 6.08 Å². The first kappa shape index (κ1) is 12.7. The fourth-order valence-electron chi connectivity index (χ4n) is 0.836. The SMILES string of the molecule is CC(=O)NCCC/C=C/COC(C)=O. The molecule has 0 aromatic heterocycles. The number of hydrogen-bond donors (Lipinski definition) is 1. The van der Waals surface area contributed by atoms with Crippen molar-refractivity contribution in [1.29, 1.82) is 0 Å². The zero-order chi connectivity index (χ0) is 10.8. The van der Waals surface area contributed by atoms with Gasteiger partial charge in [-0.2, -0.15) is 0 Å². The number of esters is 1. The number of ether oxygens (including phenoxy) is 1. The van der Waals surface area contributed by atoms with Gasteiger partial charge in [-0.05, 0) is 12.8 Å². The molecular weight excluding hydrogens is 182 g/mol. The number of hydrogen-bond acceptors (Lipinski definition) is 3. The second kappa shape index (κ2) is 8.29. The maximum absolute atomic E-state index is 10.5. The van der Waals surface area contributed by atoms with E-state index in [1.54, 1.807) is 6.08 Å². The second-order valence-electron chi connectivity index (χ2n) is 2.90. The Hall–Kier alpha value is -1.32. The van der Waals surface area contributed by atoms with Crippen molar-refractivity contribution in [2.24, 2.45) is 0 Å². The maximum atomic E-state index is 10.5. The maximum Gasteiger partial charge on any atom is 0.302 e. The normalized spacial score (nSPS) is 10.1. The fraction of sp³-hybridized carbons (Fsp3) is 0.600. The van der Waals surface area contributed by atoms with Gasteiger partial charge in [0, 0.05) is 20.4 Å². The summed E-state index contributed by atoms with van der Waals surface area (Å²) in [5, 5.41) is 2.70. The van der Waals surface area contributed by atoms with Crippen LogP contribution in [0.25, 0.3) is 0 Å². The third-order valence-corrected chi connectivity index (χ3v) is 1.47. The Kier molecular flexibility index (Phi) is 7.50. The molecule has 0 radical (unpaired) electrons. The van der Waals surface area contributed by atoms with Gasteiger partial charge in [-0.25, -0.2) is 0 Å². The van der Waals surface area contributed by atoms with Crippen LogP contribution in [0.3, 0.4) is 0 Å². The molecule has 0 unspecified atom stereocenters. The van der Waals surface area contributed by atoms with E-state index in [1.165, 1.54) is 13.8 Å². The topological polar surface area (TPSA) is 55.4 Å². The van der Waals surface area contributed by atoms with E-state index in [-0.39, 0.29) is 11.9 Å². The standard InChI is InChI=1S/C10H17NO3/c1-9(12)11-7-5-3-4-6-8-14-10(2)13/h4,6H,3,5,7-8H2,1-2H3,(H,11,12)/b6-4+. The summed E-state index contributed by atoms with van der Waals surface area (Å²) >= 11 is 0. The summed E-state index contributed by atoms with van der Waals surface area (Å²) in [5.41, 5.74) is 0. The smallest absolute Gasteiger partial charge is 0.302 e. The first-order valence-corrected chi connectivity index (χ1v) is 4.65.